The second-order valence-corrected chi connectivity index (χ2v) is 7.72. The largest absolute Gasteiger partial charge is 0.715 e. The van der Waals surface area contributed by atoms with E-state index in [2.05, 4.69) is 13.0 Å². The van der Waals surface area contributed by atoms with Gasteiger partial charge in [-0.3, -0.25) is 4.74 Å². The van der Waals surface area contributed by atoms with Gasteiger partial charge in [0.1, 0.15) is 13.1 Å². The van der Waals surface area contributed by atoms with Crippen molar-refractivity contribution in [3.8, 4) is 0 Å². The summed E-state index contributed by atoms with van der Waals surface area (Å²) in [6.45, 7) is 5.04. The number of amidine groups is 1. The Hall–Kier alpha value is -1.03. The van der Waals surface area contributed by atoms with Crippen LogP contribution in [0.25, 0.3) is 0 Å². The van der Waals surface area contributed by atoms with Gasteiger partial charge in [-0.2, -0.15) is 0 Å². The number of hydrogen-bond acceptors (Lipinski definition) is 3. The Morgan fingerprint density at radius 3 is 1.96 bits per heavy atom. The van der Waals surface area contributed by atoms with Crippen molar-refractivity contribution >= 4 is 5.84 Å². The standard InChI is InChI=1S/C22H42N2O2/c1-3-4-5-6-7-8-9-10-11-12-13-14-15-16-17-18-22-23(21(2)25)19-20-24(22)26/h17-18,21,25H,3-16,19-20H2,1-2H3. The highest BCUT2D eigenvalue weighted by molar-refractivity contribution is 5.89. The van der Waals surface area contributed by atoms with Gasteiger partial charge >= 0.3 is 0 Å². The number of aliphatic hydroxyl groups excluding tert-OH is 1. The molecule has 0 aliphatic carbocycles. The molecule has 1 rings (SSSR count). The fourth-order valence-electron chi connectivity index (χ4n) is 3.60. The van der Waals surface area contributed by atoms with Crippen LogP contribution in [0, 0.1) is 5.21 Å². The molecule has 1 heterocycles. The van der Waals surface area contributed by atoms with Crippen molar-refractivity contribution in [2.24, 2.45) is 0 Å². The summed E-state index contributed by atoms with van der Waals surface area (Å²) in [6, 6.07) is 0. The molecule has 0 radical (unpaired) electrons. The zero-order valence-electron chi connectivity index (χ0n) is 17.3. The Balaban J connectivity index is 1.91. The zero-order valence-corrected chi connectivity index (χ0v) is 17.3. The second kappa shape index (κ2) is 15.1. The molecule has 26 heavy (non-hydrogen) atoms. The third-order valence-electron chi connectivity index (χ3n) is 5.29. The summed E-state index contributed by atoms with van der Waals surface area (Å²) in [5, 5.41) is 21.4. The lowest BCUT2D eigenvalue weighted by Gasteiger charge is -2.14. The molecule has 1 aliphatic rings. The van der Waals surface area contributed by atoms with E-state index in [9.17, 15) is 10.3 Å². The molecule has 4 nitrogen and oxygen atoms in total. The van der Waals surface area contributed by atoms with E-state index in [1.807, 2.05) is 6.08 Å². The first-order valence-corrected chi connectivity index (χ1v) is 11.1. The minimum absolute atomic E-state index is 0.448. The average molecular weight is 367 g/mol. The van der Waals surface area contributed by atoms with Crippen LogP contribution in [0.2, 0.25) is 0 Å². The van der Waals surface area contributed by atoms with Crippen molar-refractivity contribution in [2.75, 3.05) is 13.1 Å². The van der Waals surface area contributed by atoms with Crippen molar-refractivity contribution in [1.29, 1.82) is 0 Å². The van der Waals surface area contributed by atoms with Gasteiger partial charge in [-0.1, -0.05) is 90.0 Å². The van der Waals surface area contributed by atoms with Crippen LogP contribution < -0.4 is 0 Å². The Morgan fingerprint density at radius 1 is 0.962 bits per heavy atom. The van der Waals surface area contributed by atoms with E-state index in [1.165, 1.54) is 83.5 Å². The minimum Gasteiger partial charge on any atom is -0.715 e. The smallest absolute Gasteiger partial charge is 0.276 e. The molecule has 0 bridgehead atoms. The number of allylic oxidation sites excluding steroid dienone is 1. The molecule has 0 amide bonds. The van der Waals surface area contributed by atoms with Gasteiger partial charge in [0.25, 0.3) is 5.84 Å². The van der Waals surface area contributed by atoms with Crippen LogP contribution in [0.5, 0.6) is 0 Å². The Bertz CT molecular complexity index is 405. The highest BCUT2D eigenvalue weighted by atomic mass is 16.5. The number of hydroxylamine groups is 1. The lowest BCUT2D eigenvalue weighted by molar-refractivity contribution is -0.445. The normalized spacial score (nSPS) is 16.2. The van der Waals surface area contributed by atoms with E-state index >= 15 is 0 Å². The van der Waals surface area contributed by atoms with Crippen molar-refractivity contribution < 1.29 is 9.85 Å². The van der Waals surface area contributed by atoms with Crippen molar-refractivity contribution in [3.05, 3.63) is 17.4 Å². The molecule has 0 aromatic rings. The first kappa shape index (κ1) is 23.0. The fourth-order valence-corrected chi connectivity index (χ4v) is 3.60. The van der Waals surface area contributed by atoms with Crippen LogP contribution in [-0.4, -0.2) is 39.9 Å². The van der Waals surface area contributed by atoms with E-state index in [4.69, 9.17) is 0 Å². The van der Waals surface area contributed by atoms with E-state index in [0.29, 0.717) is 18.9 Å². The van der Waals surface area contributed by atoms with Gasteiger partial charge in [-0.15, -0.1) is 0 Å². The Morgan fingerprint density at radius 2 is 1.46 bits per heavy atom. The molecule has 0 aromatic carbocycles. The molecule has 152 valence electrons. The molecule has 1 unspecified atom stereocenters. The average Bonchev–Trinajstić information content (AvgIpc) is 2.99. The lowest BCUT2D eigenvalue weighted by atomic mass is 10.0. The number of rotatable bonds is 16. The van der Waals surface area contributed by atoms with Crippen LogP contribution in [0.15, 0.2) is 12.2 Å². The number of nitrogens with zero attached hydrogens (tertiary/aromatic N) is 2. The lowest BCUT2D eigenvalue weighted by Crippen LogP contribution is -2.35. The van der Waals surface area contributed by atoms with E-state index in [0.717, 1.165) is 11.2 Å². The van der Waals surface area contributed by atoms with Crippen LogP contribution in [0.1, 0.15) is 104 Å². The number of hydrogen-bond donors (Lipinski definition) is 1. The van der Waals surface area contributed by atoms with Crippen molar-refractivity contribution in [3.63, 3.8) is 0 Å². The summed E-state index contributed by atoms with van der Waals surface area (Å²) in [4.78, 5) is 1.76. The van der Waals surface area contributed by atoms with Gasteiger partial charge < -0.3 is 10.3 Å². The van der Waals surface area contributed by atoms with Crippen LogP contribution in [-0.2, 0) is 0 Å². The topological polar surface area (TPSA) is 49.5 Å². The maximum atomic E-state index is 11.7. The minimum atomic E-state index is -0.593. The molecular formula is C22H42N2O2. The second-order valence-electron chi connectivity index (χ2n) is 7.72. The fraction of sp³-hybridized carbons (Fsp3) is 0.864. The predicted molar refractivity (Wildman–Crippen MR) is 111 cm³/mol. The van der Waals surface area contributed by atoms with Gasteiger partial charge in [0, 0.05) is 13.0 Å². The van der Waals surface area contributed by atoms with Gasteiger partial charge in [0.05, 0.1) is 0 Å². The molecule has 1 atom stereocenters. The van der Waals surface area contributed by atoms with Crippen LogP contribution in [0.4, 0.5) is 0 Å². The maximum absolute atomic E-state index is 11.7. The first-order valence-electron chi connectivity index (χ1n) is 11.1. The van der Waals surface area contributed by atoms with Gasteiger partial charge in [0.2, 0.25) is 0 Å². The summed E-state index contributed by atoms with van der Waals surface area (Å²) in [5.74, 6) is 0.606. The summed E-state index contributed by atoms with van der Waals surface area (Å²) < 4.78 is 0.979. The van der Waals surface area contributed by atoms with Crippen LogP contribution in [0.3, 0.4) is 0 Å². The highest BCUT2D eigenvalue weighted by Gasteiger charge is 2.28. The molecular weight excluding hydrogens is 324 g/mol. The van der Waals surface area contributed by atoms with Crippen molar-refractivity contribution in [2.45, 2.75) is 110 Å². The molecule has 0 aromatic heterocycles. The van der Waals surface area contributed by atoms with Crippen LogP contribution >= 0.6 is 0 Å². The monoisotopic (exact) mass is 366 g/mol. The molecule has 0 saturated heterocycles. The predicted octanol–water partition coefficient (Wildman–Crippen LogP) is 5.59. The molecule has 1 aliphatic heterocycles. The zero-order chi connectivity index (χ0) is 19.0. The summed E-state index contributed by atoms with van der Waals surface area (Å²) in [5.41, 5.74) is 0. The van der Waals surface area contributed by atoms with Crippen molar-refractivity contribution in [1.82, 2.24) is 4.90 Å². The summed E-state index contributed by atoms with van der Waals surface area (Å²) in [7, 11) is 0. The summed E-state index contributed by atoms with van der Waals surface area (Å²) >= 11 is 0. The summed E-state index contributed by atoms with van der Waals surface area (Å²) in [6.07, 6.45) is 22.2. The quantitative estimate of drug-likeness (QED) is 0.220. The van der Waals surface area contributed by atoms with Gasteiger partial charge in [0.15, 0.2) is 6.23 Å². The SMILES string of the molecule is CCCCCCCCCCCCCCCC=CC1=[N+]([O-])CCN1C(C)O. The maximum Gasteiger partial charge on any atom is 0.276 e. The highest BCUT2D eigenvalue weighted by Crippen LogP contribution is 2.13. The molecule has 0 fully saturated rings. The third-order valence-corrected chi connectivity index (χ3v) is 5.29. The molecule has 0 spiro atoms. The molecule has 4 heteroatoms. The van der Waals surface area contributed by atoms with E-state index < -0.39 is 6.23 Å². The Kier molecular flexibility index (Phi) is 13.3. The van der Waals surface area contributed by atoms with E-state index in [1.54, 1.807) is 11.8 Å². The first-order chi connectivity index (χ1) is 12.7. The molecule has 1 N–H and O–H groups in total. The Labute approximate surface area is 161 Å². The van der Waals surface area contributed by atoms with E-state index in [-0.39, 0.29) is 0 Å². The van der Waals surface area contributed by atoms with Gasteiger partial charge in [-0.25, -0.2) is 4.90 Å². The molecule has 0 saturated carbocycles. The number of unbranched alkanes of at least 4 members (excludes halogenated alkanes) is 13. The van der Waals surface area contributed by atoms with Gasteiger partial charge in [-0.05, 0) is 12.8 Å². The third kappa shape index (κ3) is 10.2. The number of aliphatic hydroxyl groups is 1.